The van der Waals surface area contributed by atoms with E-state index in [0.29, 0.717) is 5.75 Å². The van der Waals surface area contributed by atoms with Gasteiger partial charge in [0, 0.05) is 36.6 Å². The summed E-state index contributed by atoms with van der Waals surface area (Å²) in [7, 11) is -0.321. The van der Waals surface area contributed by atoms with E-state index >= 15 is 0 Å². The lowest BCUT2D eigenvalue weighted by atomic mass is 10.1. The standard InChI is InChI=1S/C24H16BNO2S/c27-25-28-16-11-9-15(10-12-16)26-20-7-3-1-6-19(20)23-21(26)14-13-18-17-5-2-4-8-22(17)29-24(18)23/h1-14,25,27H. The molecule has 0 aliphatic heterocycles. The van der Waals surface area contributed by atoms with Gasteiger partial charge in [-0.3, -0.25) is 0 Å². The normalized spacial score (nSPS) is 11.6. The van der Waals surface area contributed by atoms with Crippen LogP contribution in [0.25, 0.3) is 47.7 Å². The van der Waals surface area contributed by atoms with E-state index in [4.69, 9.17) is 9.68 Å². The van der Waals surface area contributed by atoms with Crippen molar-refractivity contribution in [1.82, 2.24) is 4.57 Å². The Hall–Kier alpha value is -3.28. The molecule has 2 heterocycles. The second kappa shape index (κ2) is 6.37. The van der Waals surface area contributed by atoms with Crippen LogP contribution < -0.4 is 4.65 Å². The number of thiophene rings is 1. The van der Waals surface area contributed by atoms with Crippen LogP contribution in [0.15, 0.2) is 84.9 Å². The molecular weight excluding hydrogens is 377 g/mol. The van der Waals surface area contributed by atoms with Crippen LogP contribution in [0.1, 0.15) is 0 Å². The van der Waals surface area contributed by atoms with Gasteiger partial charge < -0.3 is 14.2 Å². The Labute approximate surface area is 171 Å². The van der Waals surface area contributed by atoms with E-state index < -0.39 is 0 Å². The van der Waals surface area contributed by atoms with Crippen molar-refractivity contribution in [2.24, 2.45) is 0 Å². The van der Waals surface area contributed by atoms with Crippen molar-refractivity contribution in [3.63, 3.8) is 0 Å². The number of rotatable bonds is 3. The molecule has 1 N–H and O–H groups in total. The minimum Gasteiger partial charge on any atom is -0.539 e. The highest BCUT2D eigenvalue weighted by Crippen LogP contribution is 2.43. The maximum absolute atomic E-state index is 8.99. The third-order valence-electron chi connectivity index (χ3n) is 5.51. The number of hydrogen-bond donors (Lipinski definition) is 1. The first-order chi connectivity index (χ1) is 14.3. The summed E-state index contributed by atoms with van der Waals surface area (Å²) in [5.74, 6) is 0.656. The van der Waals surface area contributed by atoms with Crippen molar-refractivity contribution in [3.8, 4) is 11.4 Å². The zero-order valence-corrected chi connectivity index (χ0v) is 16.3. The molecule has 5 heteroatoms. The van der Waals surface area contributed by atoms with Crippen molar-refractivity contribution in [1.29, 1.82) is 0 Å². The second-order valence-corrected chi connectivity index (χ2v) is 8.11. The fourth-order valence-electron chi connectivity index (χ4n) is 4.28. The quantitative estimate of drug-likeness (QED) is 0.386. The SMILES string of the molecule is OBOc1ccc(-n2c3ccccc3c3c4sc5ccccc5c4ccc32)cc1. The minimum absolute atomic E-state index is 0.321. The van der Waals surface area contributed by atoms with Gasteiger partial charge in [-0.25, -0.2) is 0 Å². The topological polar surface area (TPSA) is 34.4 Å². The Morgan fingerprint density at radius 1 is 0.724 bits per heavy atom. The van der Waals surface area contributed by atoms with Gasteiger partial charge >= 0.3 is 7.69 Å². The molecule has 2 aromatic heterocycles. The van der Waals surface area contributed by atoms with E-state index in [1.165, 1.54) is 42.0 Å². The Kier molecular flexibility index (Phi) is 3.66. The summed E-state index contributed by atoms with van der Waals surface area (Å²) < 4.78 is 10.1. The highest BCUT2D eigenvalue weighted by Gasteiger charge is 2.17. The van der Waals surface area contributed by atoms with Gasteiger partial charge in [-0.1, -0.05) is 42.5 Å². The number of para-hydroxylation sites is 1. The predicted molar refractivity (Wildman–Crippen MR) is 124 cm³/mol. The van der Waals surface area contributed by atoms with Crippen LogP contribution in [0.4, 0.5) is 0 Å². The van der Waals surface area contributed by atoms with E-state index in [-0.39, 0.29) is 7.69 Å². The molecule has 0 amide bonds. The van der Waals surface area contributed by atoms with Gasteiger partial charge in [-0.2, -0.15) is 0 Å². The fraction of sp³-hybridized carbons (Fsp3) is 0. The lowest BCUT2D eigenvalue weighted by Gasteiger charge is -2.09. The van der Waals surface area contributed by atoms with Gasteiger partial charge in [0.1, 0.15) is 5.75 Å². The average molecular weight is 393 g/mol. The Morgan fingerprint density at radius 3 is 2.31 bits per heavy atom. The van der Waals surface area contributed by atoms with Crippen LogP contribution in [0.5, 0.6) is 5.75 Å². The third-order valence-corrected chi connectivity index (χ3v) is 6.71. The zero-order valence-electron chi connectivity index (χ0n) is 15.5. The van der Waals surface area contributed by atoms with E-state index in [0.717, 1.165) is 5.69 Å². The molecule has 0 aliphatic rings. The maximum Gasteiger partial charge on any atom is 0.504 e. The molecule has 0 atom stereocenters. The molecule has 6 aromatic rings. The Balaban J connectivity index is 1.73. The largest absolute Gasteiger partial charge is 0.539 e. The molecule has 0 aliphatic carbocycles. The van der Waals surface area contributed by atoms with Crippen LogP contribution in [-0.2, 0) is 0 Å². The summed E-state index contributed by atoms with van der Waals surface area (Å²) in [4.78, 5) is 0. The van der Waals surface area contributed by atoms with Crippen molar-refractivity contribution in [3.05, 3.63) is 84.9 Å². The van der Waals surface area contributed by atoms with Crippen LogP contribution >= 0.6 is 11.3 Å². The lowest BCUT2D eigenvalue weighted by molar-refractivity contribution is 0.454. The number of aromatic nitrogens is 1. The minimum atomic E-state index is -0.321. The van der Waals surface area contributed by atoms with Crippen molar-refractivity contribution in [2.75, 3.05) is 0 Å². The summed E-state index contributed by atoms with van der Waals surface area (Å²) in [5, 5.41) is 14.2. The molecular formula is C24H16BNO2S. The molecule has 6 rings (SSSR count). The average Bonchev–Trinajstić information content (AvgIpc) is 3.30. The molecule has 138 valence electrons. The van der Waals surface area contributed by atoms with E-state index in [1.807, 2.05) is 35.6 Å². The van der Waals surface area contributed by atoms with Crippen LogP contribution in [0, 0.1) is 0 Å². The molecule has 29 heavy (non-hydrogen) atoms. The molecule has 3 nitrogen and oxygen atoms in total. The highest BCUT2D eigenvalue weighted by atomic mass is 32.1. The van der Waals surface area contributed by atoms with E-state index in [1.54, 1.807) is 0 Å². The van der Waals surface area contributed by atoms with Gasteiger partial charge in [0.25, 0.3) is 0 Å². The van der Waals surface area contributed by atoms with Gasteiger partial charge in [-0.05, 0) is 42.5 Å². The maximum atomic E-state index is 8.99. The predicted octanol–water partition coefficient (Wildman–Crippen LogP) is 5.79. The highest BCUT2D eigenvalue weighted by molar-refractivity contribution is 7.26. The first-order valence-corrected chi connectivity index (χ1v) is 10.3. The summed E-state index contributed by atoms with van der Waals surface area (Å²) in [5.41, 5.74) is 3.45. The fourth-order valence-corrected chi connectivity index (χ4v) is 5.54. The Bertz CT molecular complexity index is 1520. The first-order valence-electron chi connectivity index (χ1n) is 9.52. The van der Waals surface area contributed by atoms with Crippen LogP contribution in [0.2, 0.25) is 0 Å². The van der Waals surface area contributed by atoms with Crippen molar-refractivity contribution < 1.29 is 9.68 Å². The van der Waals surface area contributed by atoms with Crippen LogP contribution in [0.3, 0.4) is 0 Å². The molecule has 0 unspecified atom stereocenters. The number of benzene rings is 4. The lowest BCUT2D eigenvalue weighted by Crippen LogP contribution is -2.00. The molecule has 4 aromatic carbocycles. The summed E-state index contributed by atoms with van der Waals surface area (Å²) in [6.45, 7) is 0. The second-order valence-electron chi connectivity index (χ2n) is 7.05. The first kappa shape index (κ1) is 16.7. The summed E-state index contributed by atoms with van der Waals surface area (Å²) >= 11 is 1.86. The smallest absolute Gasteiger partial charge is 0.504 e. The third kappa shape index (κ3) is 2.41. The van der Waals surface area contributed by atoms with E-state index in [2.05, 4.69) is 65.2 Å². The van der Waals surface area contributed by atoms with Gasteiger partial charge in [0.15, 0.2) is 0 Å². The summed E-state index contributed by atoms with van der Waals surface area (Å²) in [6, 6.07) is 29.5. The molecule has 0 saturated carbocycles. The van der Waals surface area contributed by atoms with Crippen LogP contribution in [-0.4, -0.2) is 17.3 Å². The Morgan fingerprint density at radius 2 is 1.48 bits per heavy atom. The molecule has 0 radical (unpaired) electrons. The molecule has 0 saturated heterocycles. The number of nitrogens with zero attached hydrogens (tertiary/aromatic N) is 1. The number of fused-ring (bicyclic) bond motifs is 7. The number of hydrogen-bond acceptors (Lipinski definition) is 3. The monoisotopic (exact) mass is 393 g/mol. The summed E-state index contributed by atoms with van der Waals surface area (Å²) in [6.07, 6.45) is 0. The van der Waals surface area contributed by atoms with Gasteiger partial charge in [0.05, 0.1) is 11.0 Å². The van der Waals surface area contributed by atoms with Crippen molar-refractivity contribution >= 4 is 61.0 Å². The molecule has 0 bridgehead atoms. The zero-order chi connectivity index (χ0) is 19.4. The van der Waals surface area contributed by atoms with Crippen molar-refractivity contribution in [2.45, 2.75) is 0 Å². The molecule has 0 spiro atoms. The molecule has 0 fully saturated rings. The van der Waals surface area contributed by atoms with Gasteiger partial charge in [-0.15, -0.1) is 11.3 Å². The van der Waals surface area contributed by atoms with Gasteiger partial charge in [0.2, 0.25) is 0 Å². The van der Waals surface area contributed by atoms with E-state index in [9.17, 15) is 0 Å².